The third-order valence-corrected chi connectivity index (χ3v) is 11.2. The molecule has 4 heterocycles. The molecule has 0 spiro atoms. The zero-order valence-electron chi connectivity index (χ0n) is 57.1. The Balaban J connectivity index is 1.25. The zero-order chi connectivity index (χ0) is 62.7. The molecule has 0 unspecified atom stereocenters. The third kappa shape index (κ3) is 5.15. The number of hydrogen-bond donors (Lipinski definition) is 0. The van der Waals surface area contributed by atoms with E-state index in [1.807, 2.05) is 0 Å². The van der Waals surface area contributed by atoms with Gasteiger partial charge in [0.25, 0.3) is 0 Å². The largest absolute Gasteiger partial charge is 0.455 e. The van der Waals surface area contributed by atoms with E-state index >= 15 is 0 Å². The summed E-state index contributed by atoms with van der Waals surface area (Å²) in [6.45, 7) is 0. The lowest BCUT2D eigenvalue weighted by atomic mass is 9.93. The molecule has 0 bridgehead atoms. The van der Waals surface area contributed by atoms with Crippen LogP contribution in [0.25, 0.3) is 119 Å². The first-order valence-corrected chi connectivity index (χ1v) is 18.2. The van der Waals surface area contributed by atoms with Crippen LogP contribution < -0.4 is 0 Å². The number of furan rings is 1. The van der Waals surface area contributed by atoms with Gasteiger partial charge in [0.15, 0.2) is 17.5 Å². The van der Waals surface area contributed by atoms with Gasteiger partial charge in [-0.05, 0) is 41.3 Å². The number of para-hydroxylation sites is 1. The van der Waals surface area contributed by atoms with E-state index in [4.69, 9.17) is 29.1 Å². The van der Waals surface area contributed by atoms with Crippen molar-refractivity contribution in [2.24, 2.45) is 0 Å². The van der Waals surface area contributed by atoms with Crippen LogP contribution in [0, 0.1) is 0 Å². The molecule has 4 aromatic heterocycles. The van der Waals surface area contributed by atoms with Gasteiger partial charge >= 0.3 is 0 Å². The van der Waals surface area contributed by atoms with Crippen LogP contribution in [0.3, 0.4) is 0 Å². The van der Waals surface area contributed by atoms with Gasteiger partial charge in [0.2, 0.25) is 0 Å². The topological polar surface area (TPSA) is 51.8 Å². The van der Waals surface area contributed by atoms with E-state index in [9.17, 15) is 15.1 Å². The molecular formula is C51H29N3OS2. The zero-order valence-corrected chi connectivity index (χ0v) is 29.7. The Kier molecular flexibility index (Phi) is 3.32. The summed E-state index contributed by atoms with van der Waals surface area (Å²) in [5.74, 6) is -2.26. The van der Waals surface area contributed by atoms with Gasteiger partial charge in [-0.25, -0.2) is 15.0 Å². The maximum absolute atomic E-state index is 9.88. The lowest BCUT2D eigenvalue weighted by Gasteiger charge is -2.10. The molecule has 6 heteroatoms. The van der Waals surface area contributed by atoms with E-state index in [1.165, 1.54) is 0 Å². The molecule has 57 heavy (non-hydrogen) atoms. The Labute approximate surface area is 375 Å². The summed E-state index contributed by atoms with van der Waals surface area (Å²) in [7, 11) is 0. The highest BCUT2D eigenvalue weighted by Gasteiger charge is 2.22. The van der Waals surface area contributed by atoms with Gasteiger partial charge in [-0.2, -0.15) is 0 Å². The minimum absolute atomic E-state index is 0.0758. The van der Waals surface area contributed by atoms with Gasteiger partial charge < -0.3 is 4.42 Å². The minimum atomic E-state index is -0.926. The lowest BCUT2D eigenvalue weighted by molar-refractivity contribution is 0.670. The predicted molar refractivity (Wildman–Crippen MR) is 240 cm³/mol. The van der Waals surface area contributed by atoms with Gasteiger partial charge in [-0.15, -0.1) is 22.7 Å². The second-order valence-corrected chi connectivity index (χ2v) is 14.1. The lowest BCUT2D eigenvalue weighted by Crippen LogP contribution is -2.00. The van der Waals surface area contributed by atoms with E-state index in [2.05, 4.69) is 15.0 Å². The number of benzene rings is 8. The molecule has 0 N–H and O–H groups in total. The van der Waals surface area contributed by atoms with Gasteiger partial charge in [-0.1, -0.05) is 145 Å². The third-order valence-electron chi connectivity index (χ3n) is 8.93. The van der Waals surface area contributed by atoms with Crippen molar-refractivity contribution in [3.05, 3.63) is 175 Å². The predicted octanol–water partition coefficient (Wildman–Crippen LogP) is 14.8. The standard InChI is InChI=1S/C51H29N3OS2/c1-3-13-30(14-4-1)49-52-50(31-15-5-2-6-16-31)54-51(53-49)41-22-12-21-39-38-20-11-19-37(47(38)57-48(39)41)36-28-27-33(45-40-18-7-9-23-42(40)55-46(36)45)32-25-26-35-34-17-8-10-24-43(34)56-44(35)29-32/h1-29H/i1D,2D,3D,4D,5D,6D,7D,8D,9D,10D,11D,12D,13D,14D,15D,16D,17D,18D,19D,20D,21D,22D,23D,24D,25D,26D,27D,28D,29D. The van der Waals surface area contributed by atoms with Gasteiger partial charge in [0.05, 0.1) is 39.8 Å². The molecule has 0 atom stereocenters. The Hall–Kier alpha value is -6.99. The van der Waals surface area contributed by atoms with Crippen LogP contribution in [0.1, 0.15) is 39.8 Å². The maximum Gasteiger partial charge on any atom is 0.165 e. The summed E-state index contributed by atoms with van der Waals surface area (Å²) in [6.07, 6.45) is 0. The summed E-state index contributed by atoms with van der Waals surface area (Å²) in [4.78, 5) is 13.2. The molecule has 12 aromatic rings. The van der Waals surface area contributed by atoms with Crippen molar-refractivity contribution in [3.8, 4) is 56.4 Å². The SMILES string of the molecule is [2H]c1c([2H])c([2H])c(-c2nc(-c3c([2H])c([2H])c([2H])c([2H])c3[2H])nc(-c3c([2H])c([2H])c([2H])c4c3sc3c(-c5c([2H])c([2H])c(-c6c([2H])c([2H])c7c(sc8c([2H])c([2H])c([2H])c([2H])c87)c6[2H])c6c5oc5c([2H])c([2H])c([2H])c([2H])c56)c([2H])c([2H])c([2H])c34)n2)c([2H])c1[2H]. The smallest absolute Gasteiger partial charge is 0.165 e. The summed E-state index contributed by atoms with van der Waals surface area (Å²) >= 11 is 1.22. The first-order valence-electron chi connectivity index (χ1n) is 31.1. The summed E-state index contributed by atoms with van der Waals surface area (Å²) in [5, 5.41) is -2.13. The average Bonchev–Trinajstić information content (AvgIpc) is 1.50. The van der Waals surface area contributed by atoms with Crippen LogP contribution in [-0.2, 0) is 0 Å². The molecule has 0 aliphatic carbocycles. The quantitative estimate of drug-likeness (QED) is 0.174. The van der Waals surface area contributed by atoms with Crippen molar-refractivity contribution in [1.82, 2.24) is 15.0 Å². The Morgan fingerprint density at radius 3 is 1.72 bits per heavy atom. The second-order valence-electron chi connectivity index (χ2n) is 12.1. The monoisotopic (exact) mass is 792 g/mol. The maximum atomic E-state index is 9.88. The molecule has 0 aliphatic heterocycles. The number of hydrogen-bond acceptors (Lipinski definition) is 6. The number of nitrogens with zero attached hydrogens (tertiary/aromatic N) is 3. The molecule has 0 saturated heterocycles. The molecule has 8 aromatic carbocycles. The van der Waals surface area contributed by atoms with Crippen molar-refractivity contribution in [2.75, 3.05) is 0 Å². The van der Waals surface area contributed by atoms with Crippen molar-refractivity contribution >= 4 is 85.0 Å². The molecule has 4 nitrogen and oxygen atoms in total. The molecule has 0 amide bonds. The number of fused-ring (bicyclic) bond motifs is 9. The van der Waals surface area contributed by atoms with Crippen LogP contribution >= 0.6 is 22.7 Å². The molecule has 0 aliphatic rings. The van der Waals surface area contributed by atoms with Crippen LogP contribution in [0.15, 0.2) is 180 Å². The average molecular weight is 793 g/mol. The van der Waals surface area contributed by atoms with Crippen LogP contribution in [0.2, 0.25) is 0 Å². The molecule has 266 valence electrons. The fraction of sp³-hybridized carbons (Fsp3) is 0. The highest BCUT2D eigenvalue weighted by molar-refractivity contribution is 7.27. The highest BCUT2D eigenvalue weighted by Crippen LogP contribution is 2.48. The first kappa shape index (κ1) is 14.8. The number of rotatable bonds is 5. The highest BCUT2D eigenvalue weighted by atomic mass is 32.1. The van der Waals surface area contributed by atoms with Crippen molar-refractivity contribution in [1.29, 1.82) is 0 Å². The van der Waals surface area contributed by atoms with Crippen LogP contribution in [0.4, 0.5) is 0 Å². The fourth-order valence-electron chi connectivity index (χ4n) is 6.48. The molecule has 0 radical (unpaired) electrons. The molecule has 0 fully saturated rings. The van der Waals surface area contributed by atoms with Gasteiger partial charge in [-0.3, -0.25) is 0 Å². The summed E-state index contributed by atoms with van der Waals surface area (Å²) in [6, 6.07) is -23.3. The Morgan fingerprint density at radius 1 is 0.386 bits per heavy atom. The van der Waals surface area contributed by atoms with E-state index in [-0.39, 0.29) is 29.6 Å². The number of aromatic nitrogens is 3. The minimum Gasteiger partial charge on any atom is -0.455 e. The normalized spacial score (nSPS) is 19.0. The van der Waals surface area contributed by atoms with Crippen molar-refractivity contribution in [2.45, 2.75) is 0 Å². The van der Waals surface area contributed by atoms with Crippen LogP contribution in [-0.4, -0.2) is 15.0 Å². The van der Waals surface area contributed by atoms with Gasteiger partial charge in [0, 0.05) is 78.9 Å². The second kappa shape index (κ2) is 12.8. The molecule has 12 rings (SSSR count). The van der Waals surface area contributed by atoms with E-state index in [0.29, 0.717) is 22.7 Å². The first-order chi connectivity index (χ1) is 40.3. The van der Waals surface area contributed by atoms with E-state index in [0.717, 1.165) is 0 Å². The number of thiophene rings is 2. The van der Waals surface area contributed by atoms with Crippen molar-refractivity contribution in [3.63, 3.8) is 0 Å². The van der Waals surface area contributed by atoms with E-state index < -0.39 is 264 Å². The van der Waals surface area contributed by atoms with Gasteiger partial charge in [0.1, 0.15) is 11.2 Å². The Morgan fingerprint density at radius 2 is 0.965 bits per heavy atom. The summed E-state index contributed by atoms with van der Waals surface area (Å²) < 4.78 is 265. The molecular weight excluding hydrogens is 735 g/mol. The fourth-order valence-corrected chi connectivity index (χ4v) is 8.66. The molecule has 0 saturated carbocycles. The van der Waals surface area contributed by atoms with Crippen LogP contribution in [0.5, 0.6) is 0 Å². The van der Waals surface area contributed by atoms with E-state index in [1.54, 1.807) is 0 Å². The summed E-state index contributed by atoms with van der Waals surface area (Å²) in [5.41, 5.74) is -5.44. The Bertz CT molecular complexity index is 5100. The van der Waals surface area contributed by atoms with Crippen molar-refractivity contribution < 1.29 is 44.2 Å².